The molecule has 1 rings (SSSR count). The van der Waals surface area contributed by atoms with E-state index >= 15 is 0 Å². The summed E-state index contributed by atoms with van der Waals surface area (Å²) in [5.74, 6) is 0.0131. The van der Waals surface area contributed by atoms with Crippen LogP contribution in [-0.2, 0) is 27.1 Å². The van der Waals surface area contributed by atoms with Crippen LogP contribution in [0.5, 0.6) is 0 Å². The predicted octanol–water partition coefficient (Wildman–Crippen LogP) is 1.25. The highest BCUT2D eigenvalue weighted by molar-refractivity contribution is 7.88. The minimum Gasteiger partial charge on any atom is -0.382 e. The van der Waals surface area contributed by atoms with Gasteiger partial charge in [0.25, 0.3) is 0 Å². The van der Waals surface area contributed by atoms with Gasteiger partial charge in [-0.3, -0.25) is 0 Å². The molecule has 0 bridgehead atoms. The first-order valence-corrected chi connectivity index (χ1v) is 8.50. The van der Waals surface area contributed by atoms with Gasteiger partial charge in [-0.1, -0.05) is 24.3 Å². The molecule has 20 heavy (non-hydrogen) atoms. The Morgan fingerprint density at radius 3 is 2.70 bits per heavy atom. The van der Waals surface area contributed by atoms with Gasteiger partial charge < -0.3 is 10.1 Å². The summed E-state index contributed by atoms with van der Waals surface area (Å²) in [6.07, 6.45) is 0.687. The van der Waals surface area contributed by atoms with Crippen molar-refractivity contribution < 1.29 is 13.2 Å². The fourth-order valence-electron chi connectivity index (χ4n) is 1.85. The van der Waals surface area contributed by atoms with Crippen LogP contribution in [0.15, 0.2) is 24.3 Å². The van der Waals surface area contributed by atoms with Crippen LogP contribution in [0.4, 0.5) is 0 Å². The fraction of sp³-hybridized carbons (Fsp3) is 0.571. The first kappa shape index (κ1) is 17.1. The summed E-state index contributed by atoms with van der Waals surface area (Å²) in [6, 6.07) is 7.60. The summed E-state index contributed by atoms with van der Waals surface area (Å²) in [6.45, 7) is 4.30. The normalized spacial score (nSPS) is 11.7. The maximum Gasteiger partial charge on any atom is 0.215 e. The zero-order valence-electron chi connectivity index (χ0n) is 12.2. The molecule has 0 amide bonds. The van der Waals surface area contributed by atoms with Crippen molar-refractivity contribution in [2.24, 2.45) is 0 Å². The Balaban J connectivity index is 2.47. The number of hydrogen-bond acceptors (Lipinski definition) is 4. The van der Waals surface area contributed by atoms with Gasteiger partial charge in [0.15, 0.2) is 0 Å². The molecule has 0 aliphatic carbocycles. The molecule has 0 fully saturated rings. The molecular weight excluding hydrogens is 276 g/mol. The zero-order valence-corrected chi connectivity index (χ0v) is 13.0. The molecule has 0 aliphatic heterocycles. The van der Waals surface area contributed by atoms with E-state index in [2.05, 4.69) is 10.0 Å². The van der Waals surface area contributed by atoms with E-state index in [0.717, 1.165) is 17.7 Å². The number of rotatable bonds is 10. The molecule has 0 saturated carbocycles. The molecule has 1 aromatic rings. The third kappa shape index (κ3) is 7.00. The minimum absolute atomic E-state index is 0.0131. The van der Waals surface area contributed by atoms with Crippen LogP contribution in [0.2, 0.25) is 0 Å². The number of ether oxygens (including phenoxy) is 1. The van der Waals surface area contributed by atoms with Crippen molar-refractivity contribution in [3.63, 3.8) is 0 Å². The summed E-state index contributed by atoms with van der Waals surface area (Å²) in [5.41, 5.74) is 1.88. The quantitative estimate of drug-likeness (QED) is 0.638. The average molecular weight is 300 g/mol. The van der Waals surface area contributed by atoms with Crippen LogP contribution < -0.4 is 10.0 Å². The van der Waals surface area contributed by atoms with E-state index in [9.17, 15) is 8.42 Å². The first-order valence-electron chi connectivity index (χ1n) is 6.85. The van der Waals surface area contributed by atoms with Crippen LogP contribution >= 0.6 is 0 Å². The molecule has 114 valence electrons. The lowest BCUT2D eigenvalue weighted by Gasteiger charge is -2.08. The number of nitrogens with one attached hydrogen (secondary N) is 2. The molecule has 0 aromatic heterocycles. The number of hydrogen-bond donors (Lipinski definition) is 2. The van der Waals surface area contributed by atoms with Crippen molar-refractivity contribution in [1.82, 2.24) is 10.0 Å². The minimum atomic E-state index is -3.28. The Labute approximate surface area is 121 Å². The molecule has 0 radical (unpaired) electrons. The second kappa shape index (κ2) is 9.07. The standard InChI is InChI=1S/C14H24N2O3S/c1-3-19-9-5-8-16-20(17,18)12-14-7-4-6-13(10-14)11-15-2/h4,6-7,10,15-16H,3,5,8-9,11-12H2,1-2H3. The third-order valence-corrected chi connectivity index (χ3v) is 4.08. The Morgan fingerprint density at radius 1 is 1.25 bits per heavy atom. The molecule has 2 N–H and O–H groups in total. The van der Waals surface area contributed by atoms with E-state index in [-0.39, 0.29) is 5.75 Å². The second-order valence-corrected chi connectivity index (χ2v) is 6.36. The second-order valence-electron chi connectivity index (χ2n) is 4.55. The van der Waals surface area contributed by atoms with Crippen LogP contribution in [0.25, 0.3) is 0 Å². The van der Waals surface area contributed by atoms with Crippen LogP contribution in [0, 0.1) is 0 Å². The van der Waals surface area contributed by atoms with Crippen molar-refractivity contribution in [2.75, 3.05) is 26.8 Å². The van der Waals surface area contributed by atoms with E-state index in [1.165, 1.54) is 0 Å². The highest BCUT2D eigenvalue weighted by atomic mass is 32.2. The smallest absolute Gasteiger partial charge is 0.215 e. The Hall–Kier alpha value is -0.950. The monoisotopic (exact) mass is 300 g/mol. The largest absolute Gasteiger partial charge is 0.382 e. The molecule has 0 spiro atoms. The van der Waals surface area contributed by atoms with Crippen molar-refractivity contribution in [1.29, 1.82) is 0 Å². The Bertz CT molecular complexity index is 489. The highest BCUT2D eigenvalue weighted by Gasteiger charge is 2.11. The fourth-order valence-corrected chi connectivity index (χ4v) is 3.03. The summed E-state index contributed by atoms with van der Waals surface area (Å²) in [7, 11) is -1.42. The van der Waals surface area contributed by atoms with Gasteiger partial charge in [-0.25, -0.2) is 13.1 Å². The molecule has 0 heterocycles. The lowest BCUT2D eigenvalue weighted by Crippen LogP contribution is -2.27. The summed E-state index contributed by atoms with van der Waals surface area (Å²) >= 11 is 0. The van der Waals surface area contributed by atoms with Crippen molar-refractivity contribution in [2.45, 2.75) is 25.6 Å². The van der Waals surface area contributed by atoms with Crippen molar-refractivity contribution in [3.8, 4) is 0 Å². The predicted molar refractivity (Wildman–Crippen MR) is 80.9 cm³/mol. The molecule has 0 unspecified atom stereocenters. The van der Waals surface area contributed by atoms with Crippen LogP contribution in [0.1, 0.15) is 24.5 Å². The van der Waals surface area contributed by atoms with Gasteiger partial charge in [-0.05, 0) is 31.5 Å². The summed E-state index contributed by atoms with van der Waals surface area (Å²) < 4.78 is 31.6. The van der Waals surface area contributed by atoms with Gasteiger partial charge in [0.1, 0.15) is 0 Å². The van der Waals surface area contributed by atoms with Gasteiger partial charge in [-0.15, -0.1) is 0 Å². The average Bonchev–Trinajstić information content (AvgIpc) is 2.38. The molecule has 0 atom stereocenters. The summed E-state index contributed by atoms with van der Waals surface area (Å²) in [5, 5.41) is 3.05. The maximum absolute atomic E-state index is 11.9. The topological polar surface area (TPSA) is 67.4 Å². The lowest BCUT2D eigenvalue weighted by molar-refractivity contribution is 0.146. The first-order chi connectivity index (χ1) is 9.57. The lowest BCUT2D eigenvalue weighted by atomic mass is 10.1. The Morgan fingerprint density at radius 2 is 2.00 bits per heavy atom. The third-order valence-electron chi connectivity index (χ3n) is 2.72. The molecule has 5 nitrogen and oxygen atoms in total. The van der Waals surface area contributed by atoms with Gasteiger partial charge in [0.2, 0.25) is 10.0 Å². The van der Waals surface area contributed by atoms with Gasteiger partial charge in [-0.2, -0.15) is 0 Å². The molecule has 0 saturated heterocycles. The zero-order chi connectivity index (χ0) is 14.8. The van der Waals surface area contributed by atoms with E-state index in [1.807, 2.05) is 38.2 Å². The molecule has 0 aliphatic rings. The highest BCUT2D eigenvalue weighted by Crippen LogP contribution is 2.08. The van der Waals surface area contributed by atoms with Gasteiger partial charge >= 0.3 is 0 Å². The van der Waals surface area contributed by atoms with Crippen molar-refractivity contribution in [3.05, 3.63) is 35.4 Å². The molecule has 1 aromatic carbocycles. The van der Waals surface area contributed by atoms with E-state index in [0.29, 0.717) is 26.2 Å². The number of sulfonamides is 1. The van der Waals surface area contributed by atoms with E-state index < -0.39 is 10.0 Å². The van der Waals surface area contributed by atoms with E-state index in [4.69, 9.17) is 4.74 Å². The van der Waals surface area contributed by atoms with Gasteiger partial charge in [0.05, 0.1) is 5.75 Å². The van der Waals surface area contributed by atoms with E-state index in [1.54, 1.807) is 0 Å². The maximum atomic E-state index is 11.9. The van der Waals surface area contributed by atoms with Crippen LogP contribution in [0.3, 0.4) is 0 Å². The Kier molecular flexibility index (Phi) is 7.76. The van der Waals surface area contributed by atoms with Crippen molar-refractivity contribution >= 4 is 10.0 Å². The molecular formula is C14H24N2O3S. The van der Waals surface area contributed by atoms with Gasteiger partial charge in [0, 0.05) is 26.3 Å². The molecule has 6 heteroatoms. The SMILES string of the molecule is CCOCCCNS(=O)(=O)Cc1cccc(CNC)c1. The number of benzene rings is 1. The van der Waals surface area contributed by atoms with Crippen LogP contribution in [-0.4, -0.2) is 35.2 Å². The summed E-state index contributed by atoms with van der Waals surface area (Å²) in [4.78, 5) is 0.